The second-order valence-electron chi connectivity index (χ2n) is 5.77. The minimum atomic E-state index is -0.477. The van der Waals surface area contributed by atoms with Crippen LogP contribution in [-0.2, 0) is 16.1 Å². The molecule has 0 spiro atoms. The molecule has 1 fully saturated rings. The number of hydrogen-bond donors (Lipinski definition) is 2. The van der Waals surface area contributed by atoms with Gasteiger partial charge in [-0.3, -0.25) is 4.79 Å². The first-order chi connectivity index (χ1) is 11.2. The first-order valence-corrected chi connectivity index (χ1v) is 8.16. The Morgan fingerprint density at radius 1 is 1.22 bits per heavy atom. The first kappa shape index (κ1) is 17.3. The number of ether oxygens (including phenoxy) is 1. The number of carbonyl (C=O) groups is 2. The van der Waals surface area contributed by atoms with Crippen LogP contribution >= 0.6 is 0 Å². The van der Waals surface area contributed by atoms with Crippen molar-refractivity contribution in [3.63, 3.8) is 0 Å². The minimum Gasteiger partial charge on any atom is -0.445 e. The molecule has 0 unspecified atom stereocenters. The first-order valence-electron chi connectivity index (χ1n) is 8.16. The number of amides is 2. The number of likely N-dealkylation sites (tertiary alicyclic amines) is 1. The van der Waals surface area contributed by atoms with Crippen LogP contribution in [0.5, 0.6) is 0 Å². The van der Waals surface area contributed by atoms with Gasteiger partial charge in [0.05, 0.1) is 6.04 Å². The van der Waals surface area contributed by atoms with Crippen LogP contribution in [0.1, 0.15) is 31.2 Å². The van der Waals surface area contributed by atoms with Crippen LogP contribution in [0.15, 0.2) is 30.3 Å². The van der Waals surface area contributed by atoms with Crippen molar-refractivity contribution in [3.05, 3.63) is 35.9 Å². The average Bonchev–Trinajstić information content (AvgIpc) is 3.11. The lowest BCUT2D eigenvalue weighted by Crippen LogP contribution is -2.42. The van der Waals surface area contributed by atoms with E-state index in [2.05, 4.69) is 5.32 Å². The van der Waals surface area contributed by atoms with Crippen LogP contribution in [0, 0.1) is 0 Å². The second kappa shape index (κ2) is 9.15. The van der Waals surface area contributed by atoms with Crippen LogP contribution in [0.25, 0.3) is 0 Å². The molecule has 1 aliphatic rings. The lowest BCUT2D eigenvalue weighted by atomic mass is 10.1. The van der Waals surface area contributed by atoms with Crippen molar-refractivity contribution in [3.8, 4) is 0 Å². The molecule has 6 nitrogen and oxygen atoms in total. The third-order valence-electron chi connectivity index (χ3n) is 3.91. The van der Waals surface area contributed by atoms with Crippen molar-refractivity contribution in [2.45, 2.75) is 38.3 Å². The summed E-state index contributed by atoms with van der Waals surface area (Å²) in [6.07, 6.45) is 2.89. The molecule has 2 rings (SSSR count). The number of hydrogen-bond acceptors (Lipinski definition) is 4. The molecule has 3 N–H and O–H groups in total. The summed E-state index contributed by atoms with van der Waals surface area (Å²) in [6.45, 7) is 2.33. The molecule has 23 heavy (non-hydrogen) atoms. The maximum Gasteiger partial charge on any atom is 0.407 e. The Morgan fingerprint density at radius 3 is 2.61 bits per heavy atom. The lowest BCUT2D eigenvalue weighted by Gasteiger charge is -2.20. The van der Waals surface area contributed by atoms with E-state index in [4.69, 9.17) is 10.5 Å². The standard InChI is InChI=1S/C17H25N3O3/c18-15(16(21)20-11-4-5-12-20)9-6-10-19-17(22)23-13-14-7-2-1-3-8-14/h1-3,7-8,15H,4-6,9-13,18H2,(H,19,22)/t15-/m0/s1. The lowest BCUT2D eigenvalue weighted by molar-refractivity contribution is -0.131. The molecule has 1 saturated heterocycles. The Morgan fingerprint density at radius 2 is 1.91 bits per heavy atom. The molecule has 0 radical (unpaired) electrons. The number of benzene rings is 1. The third kappa shape index (κ3) is 5.90. The van der Waals surface area contributed by atoms with Gasteiger partial charge in [0, 0.05) is 19.6 Å². The van der Waals surface area contributed by atoms with Crippen molar-refractivity contribution in [2.24, 2.45) is 5.73 Å². The van der Waals surface area contributed by atoms with Gasteiger partial charge in [-0.1, -0.05) is 30.3 Å². The topological polar surface area (TPSA) is 84.7 Å². The van der Waals surface area contributed by atoms with Crippen molar-refractivity contribution >= 4 is 12.0 Å². The molecule has 0 aliphatic carbocycles. The number of carbonyl (C=O) groups excluding carboxylic acids is 2. The quantitative estimate of drug-likeness (QED) is 0.748. The molecule has 1 atom stereocenters. The van der Waals surface area contributed by atoms with E-state index in [1.165, 1.54) is 0 Å². The molecule has 126 valence electrons. The summed E-state index contributed by atoms with van der Waals surface area (Å²) in [5, 5.41) is 2.68. The predicted molar refractivity (Wildman–Crippen MR) is 87.7 cm³/mol. The van der Waals surface area contributed by atoms with Gasteiger partial charge in [-0.25, -0.2) is 4.79 Å². The number of alkyl carbamates (subject to hydrolysis) is 1. The number of rotatable bonds is 7. The van der Waals surface area contributed by atoms with Crippen LogP contribution in [-0.4, -0.2) is 42.6 Å². The van der Waals surface area contributed by atoms with E-state index in [9.17, 15) is 9.59 Å². The van der Waals surface area contributed by atoms with Crippen LogP contribution in [0.4, 0.5) is 4.79 Å². The van der Waals surface area contributed by atoms with Gasteiger partial charge in [-0.15, -0.1) is 0 Å². The van der Waals surface area contributed by atoms with Gasteiger partial charge in [0.15, 0.2) is 0 Å². The van der Waals surface area contributed by atoms with E-state index in [0.717, 1.165) is 31.5 Å². The van der Waals surface area contributed by atoms with Crippen molar-refractivity contribution in [2.75, 3.05) is 19.6 Å². The predicted octanol–water partition coefficient (Wildman–Crippen LogP) is 1.64. The smallest absolute Gasteiger partial charge is 0.407 e. The fourth-order valence-corrected chi connectivity index (χ4v) is 2.58. The Balaban J connectivity index is 1.55. The Hall–Kier alpha value is -2.08. The molecule has 2 amide bonds. The summed E-state index contributed by atoms with van der Waals surface area (Å²) < 4.78 is 5.11. The summed E-state index contributed by atoms with van der Waals surface area (Å²) in [4.78, 5) is 25.4. The van der Waals surface area contributed by atoms with Crippen LogP contribution < -0.4 is 11.1 Å². The number of nitrogens with two attached hydrogens (primary N) is 1. The highest BCUT2D eigenvalue weighted by Gasteiger charge is 2.23. The van der Waals surface area contributed by atoms with Gasteiger partial charge in [0.25, 0.3) is 0 Å². The zero-order valence-electron chi connectivity index (χ0n) is 13.4. The molecular formula is C17H25N3O3. The highest BCUT2D eigenvalue weighted by atomic mass is 16.5. The second-order valence-corrected chi connectivity index (χ2v) is 5.77. The molecule has 1 heterocycles. The molecule has 0 saturated carbocycles. The van der Waals surface area contributed by atoms with Gasteiger partial charge in [-0.05, 0) is 31.2 Å². The van der Waals surface area contributed by atoms with E-state index in [1.807, 2.05) is 35.2 Å². The highest BCUT2D eigenvalue weighted by Crippen LogP contribution is 2.10. The number of nitrogens with zero attached hydrogens (tertiary/aromatic N) is 1. The largest absolute Gasteiger partial charge is 0.445 e. The Bertz CT molecular complexity index is 501. The summed E-state index contributed by atoms with van der Waals surface area (Å²) >= 11 is 0. The Labute approximate surface area is 137 Å². The fourth-order valence-electron chi connectivity index (χ4n) is 2.58. The van der Waals surface area contributed by atoms with Crippen LogP contribution in [0.2, 0.25) is 0 Å². The van der Waals surface area contributed by atoms with Gasteiger partial charge in [-0.2, -0.15) is 0 Å². The highest BCUT2D eigenvalue weighted by molar-refractivity contribution is 5.81. The fraction of sp³-hybridized carbons (Fsp3) is 0.529. The molecule has 1 aliphatic heterocycles. The SMILES string of the molecule is N[C@@H](CCCNC(=O)OCc1ccccc1)C(=O)N1CCCC1. The summed E-state index contributed by atoms with van der Waals surface area (Å²) in [5.41, 5.74) is 6.86. The zero-order valence-corrected chi connectivity index (χ0v) is 13.4. The van der Waals surface area contributed by atoms with Gasteiger partial charge in [0.2, 0.25) is 5.91 Å². The maximum absolute atomic E-state index is 12.0. The third-order valence-corrected chi connectivity index (χ3v) is 3.91. The summed E-state index contributed by atoms with van der Waals surface area (Å²) in [7, 11) is 0. The van der Waals surface area contributed by atoms with Gasteiger partial charge in [0.1, 0.15) is 6.61 Å². The van der Waals surface area contributed by atoms with Crippen molar-refractivity contribution in [1.82, 2.24) is 10.2 Å². The summed E-state index contributed by atoms with van der Waals surface area (Å²) in [5.74, 6) is 0.0224. The van der Waals surface area contributed by atoms with E-state index >= 15 is 0 Å². The molecule has 6 heteroatoms. The molecular weight excluding hydrogens is 294 g/mol. The van der Waals surface area contributed by atoms with Crippen molar-refractivity contribution in [1.29, 1.82) is 0 Å². The normalized spacial score (nSPS) is 15.3. The Kier molecular flexibility index (Phi) is 6.87. The minimum absolute atomic E-state index is 0.0224. The molecule has 1 aromatic carbocycles. The van der Waals surface area contributed by atoms with Gasteiger partial charge < -0.3 is 20.7 Å². The van der Waals surface area contributed by atoms with E-state index in [-0.39, 0.29) is 12.5 Å². The maximum atomic E-state index is 12.0. The van der Waals surface area contributed by atoms with E-state index in [1.54, 1.807) is 0 Å². The summed E-state index contributed by atoms with van der Waals surface area (Å²) in [6, 6.07) is 9.03. The van der Waals surface area contributed by atoms with Gasteiger partial charge >= 0.3 is 6.09 Å². The van der Waals surface area contributed by atoms with Crippen LogP contribution in [0.3, 0.4) is 0 Å². The molecule has 0 bridgehead atoms. The average molecular weight is 319 g/mol. The molecule has 1 aromatic rings. The van der Waals surface area contributed by atoms with Crippen molar-refractivity contribution < 1.29 is 14.3 Å². The zero-order chi connectivity index (χ0) is 16.5. The van der Waals surface area contributed by atoms with E-state index in [0.29, 0.717) is 19.4 Å². The number of nitrogens with one attached hydrogen (secondary N) is 1. The van der Waals surface area contributed by atoms with E-state index < -0.39 is 12.1 Å². The molecule has 0 aromatic heterocycles. The monoisotopic (exact) mass is 319 g/mol.